The summed E-state index contributed by atoms with van der Waals surface area (Å²) in [5, 5.41) is 16.5. The van der Waals surface area contributed by atoms with Gasteiger partial charge < -0.3 is 14.7 Å². The number of morpholine rings is 1. The lowest BCUT2D eigenvalue weighted by atomic mass is 10.3. The summed E-state index contributed by atoms with van der Waals surface area (Å²) < 4.78 is 5.32. The molecule has 0 aromatic carbocycles. The average molecular weight is 265 g/mol. The first-order valence-corrected chi connectivity index (χ1v) is 5.49. The van der Waals surface area contributed by atoms with Crippen molar-refractivity contribution in [3.63, 3.8) is 0 Å². The minimum atomic E-state index is -0.237. The highest BCUT2D eigenvalue weighted by Gasteiger charge is 2.23. The standard InChI is InChI=1S/C8H10Cl2N4O2/c9-6-7(11-8(10)13-12-6)14-1-2-16-5(3-14)4-15/h5,15H,1-4H2. The van der Waals surface area contributed by atoms with E-state index in [1.54, 1.807) is 0 Å². The SMILES string of the molecule is OCC1CN(c2nc(Cl)nnc2Cl)CCO1. The Bertz CT molecular complexity index is 379. The molecule has 0 amide bonds. The zero-order chi connectivity index (χ0) is 11.5. The van der Waals surface area contributed by atoms with E-state index < -0.39 is 0 Å². The van der Waals surface area contributed by atoms with Gasteiger partial charge in [-0.05, 0) is 11.6 Å². The number of ether oxygens (including phenoxy) is 1. The summed E-state index contributed by atoms with van der Waals surface area (Å²) in [4.78, 5) is 5.88. The van der Waals surface area contributed by atoms with Gasteiger partial charge in [-0.1, -0.05) is 11.6 Å². The van der Waals surface area contributed by atoms with Crippen molar-refractivity contribution in [1.82, 2.24) is 15.2 Å². The molecule has 8 heteroatoms. The van der Waals surface area contributed by atoms with Gasteiger partial charge in [0.1, 0.15) is 0 Å². The second kappa shape index (κ2) is 5.09. The maximum absolute atomic E-state index is 9.02. The molecule has 0 radical (unpaired) electrons. The van der Waals surface area contributed by atoms with Crippen molar-refractivity contribution >= 4 is 29.0 Å². The van der Waals surface area contributed by atoms with Gasteiger partial charge in [0.15, 0.2) is 11.0 Å². The average Bonchev–Trinajstić information content (AvgIpc) is 2.32. The maximum Gasteiger partial charge on any atom is 0.245 e. The van der Waals surface area contributed by atoms with Crippen molar-refractivity contribution < 1.29 is 9.84 Å². The second-order valence-corrected chi connectivity index (χ2v) is 4.01. The fourth-order valence-electron chi connectivity index (χ4n) is 1.51. The summed E-state index contributed by atoms with van der Waals surface area (Å²) >= 11 is 11.5. The number of hydrogen-bond donors (Lipinski definition) is 1. The number of aliphatic hydroxyl groups excluding tert-OH is 1. The molecule has 6 nitrogen and oxygen atoms in total. The third kappa shape index (κ3) is 2.52. The van der Waals surface area contributed by atoms with Gasteiger partial charge in [-0.3, -0.25) is 0 Å². The molecule has 16 heavy (non-hydrogen) atoms. The molecule has 1 aliphatic heterocycles. The van der Waals surface area contributed by atoms with E-state index in [1.807, 2.05) is 4.90 Å². The minimum Gasteiger partial charge on any atom is -0.394 e. The minimum absolute atomic E-state index is 0.0413. The highest BCUT2D eigenvalue weighted by molar-refractivity contribution is 6.32. The van der Waals surface area contributed by atoms with Crippen molar-refractivity contribution in [2.75, 3.05) is 31.2 Å². The molecule has 1 atom stereocenters. The van der Waals surface area contributed by atoms with Crippen LogP contribution in [0.4, 0.5) is 5.82 Å². The molecular formula is C8H10Cl2N4O2. The van der Waals surface area contributed by atoms with Crippen LogP contribution in [-0.2, 0) is 4.74 Å². The van der Waals surface area contributed by atoms with Gasteiger partial charge in [-0.2, -0.15) is 4.98 Å². The molecule has 1 saturated heterocycles. The van der Waals surface area contributed by atoms with Crippen LogP contribution in [0.25, 0.3) is 0 Å². The first-order valence-electron chi connectivity index (χ1n) is 4.74. The first-order chi connectivity index (χ1) is 7.70. The van der Waals surface area contributed by atoms with Gasteiger partial charge in [-0.15, -0.1) is 10.2 Å². The summed E-state index contributed by atoms with van der Waals surface area (Å²) in [5.41, 5.74) is 0. The summed E-state index contributed by atoms with van der Waals surface area (Å²) in [5.74, 6) is 0.475. The van der Waals surface area contributed by atoms with Crippen molar-refractivity contribution in [2.24, 2.45) is 0 Å². The highest BCUT2D eigenvalue weighted by atomic mass is 35.5. The molecule has 1 unspecified atom stereocenters. The van der Waals surface area contributed by atoms with Crippen LogP contribution in [0.15, 0.2) is 0 Å². The van der Waals surface area contributed by atoms with Gasteiger partial charge in [0, 0.05) is 13.1 Å². The molecule has 1 fully saturated rings. The number of aromatic nitrogens is 3. The van der Waals surface area contributed by atoms with Crippen molar-refractivity contribution in [3.05, 3.63) is 10.4 Å². The maximum atomic E-state index is 9.02. The van der Waals surface area contributed by atoms with Crippen LogP contribution in [0.2, 0.25) is 10.4 Å². The normalized spacial score (nSPS) is 21.2. The zero-order valence-electron chi connectivity index (χ0n) is 8.31. The van der Waals surface area contributed by atoms with Crippen LogP contribution in [0, 0.1) is 0 Å². The molecule has 0 bridgehead atoms. The molecule has 2 heterocycles. The molecule has 0 aliphatic carbocycles. The predicted octanol–water partition coefficient (Wildman–Crippen LogP) is 0.376. The summed E-state index contributed by atoms with van der Waals surface area (Å²) in [6.45, 7) is 1.60. The fraction of sp³-hybridized carbons (Fsp3) is 0.625. The zero-order valence-corrected chi connectivity index (χ0v) is 9.82. The number of nitrogens with zero attached hydrogens (tertiary/aromatic N) is 4. The lowest BCUT2D eigenvalue weighted by molar-refractivity contribution is 0.00334. The molecule has 88 valence electrons. The van der Waals surface area contributed by atoms with Gasteiger partial charge in [-0.25, -0.2) is 0 Å². The number of rotatable bonds is 2. The Morgan fingerprint density at radius 1 is 1.44 bits per heavy atom. The van der Waals surface area contributed by atoms with Crippen LogP contribution >= 0.6 is 23.2 Å². The molecule has 1 aromatic heterocycles. The summed E-state index contributed by atoms with van der Waals surface area (Å²) in [6, 6.07) is 0. The van der Waals surface area contributed by atoms with E-state index in [1.165, 1.54) is 0 Å². The van der Waals surface area contributed by atoms with E-state index in [9.17, 15) is 0 Å². The molecule has 1 aromatic rings. The number of aliphatic hydroxyl groups is 1. The third-order valence-electron chi connectivity index (χ3n) is 2.24. The van der Waals surface area contributed by atoms with Crippen molar-refractivity contribution in [3.8, 4) is 0 Å². The Morgan fingerprint density at radius 3 is 3.00 bits per heavy atom. The Hall–Kier alpha value is -0.690. The van der Waals surface area contributed by atoms with E-state index in [-0.39, 0.29) is 23.1 Å². The Labute approximate surface area is 102 Å². The van der Waals surface area contributed by atoms with E-state index in [0.29, 0.717) is 25.5 Å². The van der Waals surface area contributed by atoms with Crippen molar-refractivity contribution in [1.29, 1.82) is 0 Å². The van der Waals surface area contributed by atoms with E-state index >= 15 is 0 Å². The summed E-state index contributed by atoms with van der Waals surface area (Å²) in [7, 11) is 0. The molecule has 0 spiro atoms. The smallest absolute Gasteiger partial charge is 0.245 e. The molecule has 1 aliphatic rings. The number of hydrogen-bond acceptors (Lipinski definition) is 6. The lowest BCUT2D eigenvalue weighted by Crippen LogP contribution is -2.44. The van der Waals surface area contributed by atoms with Crippen LogP contribution in [-0.4, -0.2) is 52.7 Å². The predicted molar refractivity (Wildman–Crippen MR) is 58.9 cm³/mol. The molecule has 0 saturated carbocycles. The number of halogens is 2. The Morgan fingerprint density at radius 2 is 2.25 bits per heavy atom. The summed E-state index contributed by atoms with van der Waals surface area (Å²) in [6.07, 6.45) is -0.237. The van der Waals surface area contributed by atoms with E-state index in [0.717, 1.165) is 0 Å². The van der Waals surface area contributed by atoms with Crippen molar-refractivity contribution in [2.45, 2.75) is 6.10 Å². The largest absolute Gasteiger partial charge is 0.394 e. The Balaban J connectivity index is 2.19. The van der Waals surface area contributed by atoms with Gasteiger partial charge in [0.2, 0.25) is 5.28 Å². The molecular weight excluding hydrogens is 255 g/mol. The van der Waals surface area contributed by atoms with E-state index in [4.69, 9.17) is 33.0 Å². The third-order valence-corrected chi connectivity index (χ3v) is 2.65. The monoisotopic (exact) mass is 264 g/mol. The Kier molecular flexibility index (Phi) is 3.75. The number of anilines is 1. The molecule has 1 N–H and O–H groups in total. The highest BCUT2D eigenvalue weighted by Crippen LogP contribution is 2.23. The second-order valence-electron chi connectivity index (χ2n) is 3.32. The van der Waals surface area contributed by atoms with E-state index in [2.05, 4.69) is 15.2 Å². The lowest BCUT2D eigenvalue weighted by Gasteiger charge is -2.32. The van der Waals surface area contributed by atoms with Gasteiger partial charge in [0.05, 0.1) is 19.3 Å². The fourth-order valence-corrected chi connectivity index (χ4v) is 1.83. The van der Waals surface area contributed by atoms with Gasteiger partial charge in [0.25, 0.3) is 0 Å². The van der Waals surface area contributed by atoms with Crippen LogP contribution < -0.4 is 4.90 Å². The first kappa shape index (κ1) is 11.8. The topological polar surface area (TPSA) is 71.4 Å². The van der Waals surface area contributed by atoms with Gasteiger partial charge >= 0.3 is 0 Å². The van der Waals surface area contributed by atoms with Crippen LogP contribution in [0.3, 0.4) is 0 Å². The quantitative estimate of drug-likeness (QED) is 0.833. The van der Waals surface area contributed by atoms with Crippen LogP contribution in [0.1, 0.15) is 0 Å². The van der Waals surface area contributed by atoms with Crippen LogP contribution in [0.5, 0.6) is 0 Å². The molecule has 2 rings (SSSR count).